The molecule has 342 valence electrons. The smallest absolute Gasteiger partial charge is 0.409 e. The highest BCUT2D eigenvalue weighted by Crippen LogP contribution is 2.27. The monoisotopic (exact) mass is 871 g/mol. The molecule has 62 heavy (non-hydrogen) atoms. The maximum Gasteiger partial charge on any atom is 0.409 e. The Hall–Kier alpha value is -6.34. The summed E-state index contributed by atoms with van der Waals surface area (Å²) in [5.41, 5.74) is 5.77. The number of likely N-dealkylation sites (N-methyl/N-ethyl adjacent to an activating group) is 2. The molecule has 0 saturated carbocycles. The van der Waals surface area contributed by atoms with Gasteiger partial charge in [-0.2, -0.15) is 0 Å². The normalized spacial score (nSPS) is 12.9. The fraction of sp³-hybridized carbons (Fsp3) is 0.571. The van der Waals surface area contributed by atoms with Gasteiger partial charge in [0.1, 0.15) is 24.7 Å². The van der Waals surface area contributed by atoms with Gasteiger partial charge in [-0.15, -0.1) is 0 Å². The number of methoxy groups -OCH3 is 1. The number of amides is 8. The topological polar surface area (TPSA) is 270 Å². The van der Waals surface area contributed by atoms with Crippen LogP contribution < -0.4 is 26.4 Å². The lowest BCUT2D eigenvalue weighted by Gasteiger charge is -2.23. The lowest BCUT2D eigenvalue weighted by Crippen LogP contribution is -2.44. The Bertz CT molecular complexity index is 1800. The molecule has 0 fully saturated rings. The van der Waals surface area contributed by atoms with Crippen LogP contribution in [0, 0.1) is 11.8 Å². The molecule has 1 heterocycles. The highest BCUT2D eigenvalue weighted by Gasteiger charge is 2.29. The van der Waals surface area contributed by atoms with Crippen LogP contribution in [0.25, 0.3) is 0 Å². The summed E-state index contributed by atoms with van der Waals surface area (Å²) in [5.74, 6) is -3.54. The number of hydrogen-bond donors (Lipinski definition) is 4. The van der Waals surface area contributed by atoms with Crippen molar-refractivity contribution in [2.24, 2.45) is 17.6 Å². The number of benzene rings is 1. The predicted octanol–water partition coefficient (Wildman–Crippen LogP) is 2.86. The van der Waals surface area contributed by atoms with Gasteiger partial charge in [0, 0.05) is 108 Å². The highest BCUT2D eigenvalue weighted by atomic mass is 16.6. The first-order valence-corrected chi connectivity index (χ1v) is 20.5. The molecule has 2 atom stereocenters. The Morgan fingerprint density at radius 2 is 1.47 bits per heavy atom. The molecule has 2 rings (SSSR count). The Kier molecular flexibility index (Phi) is 22.4. The second-order valence-corrected chi connectivity index (χ2v) is 15.2. The summed E-state index contributed by atoms with van der Waals surface area (Å²) in [7, 11) is 4.24. The minimum absolute atomic E-state index is 0.0196. The highest BCUT2D eigenvalue weighted by molar-refractivity contribution is 6.13. The van der Waals surface area contributed by atoms with Crippen molar-refractivity contribution in [3.8, 4) is 5.75 Å². The Labute approximate surface area is 361 Å². The van der Waals surface area contributed by atoms with E-state index in [0.29, 0.717) is 31.2 Å². The fourth-order valence-corrected chi connectivity index (χ4v) is 6.18. The van der Waals surface area contributed by atoms with Gasteiger partial charge in [0.2, 0.25) is 11.8 Å². The van der Waals surface area contributed by atoms with Crippen molar-refractivity contribution >= 4 is 64.9 Å². The molecule has 0 bridgehead atoms. The van der Waals surface area contributed by atoms with Crippen molar-refractivity contribution < 1.29 is 62.2 Å². The Morgan fingerprint density at radius 3 is 2.06 bits per heavy atom. The molecule has 0 radical (unpaired) electrons. The van der Waals surface area contributed by atoms with Crippen LogP contribution >= 0.6 is 0 Å². The molecule has 1 aromatic rings. The van der Waals surface area contributed by atoms with Crippen molar-refractivity contribution in [1.82, 2.24) is 25.3 Å². The number of ether oxygens (including phenoxy) is 3. The zero-order valence-electron chi connectivity index (χ0n) is 36.5. The molecule has 0 aliphatic carbocycles. The van der Waals surface area contributed by atoms with Crippen LogP contribution in [0.5, 0.6) is 5.75 Å². The van der Waals surface area contributed by atoms with Gasteiger partial charge in [-0.1, -0.05) is 20.3 Å². The number of anilines is 1. The first kappa shape index (κ1) is 51.8. The van der Waals surface area contributed by atoms with Crippen molar-refractivity contribution in [3.05, 3.63) is 35.9 Å². The number of primary amides is 1. The van der Waals surface area contributed by atoms with E-state index < -0.39 is 53.8 Å². The summed E-state index contributed by atoms with van der Waals surface area (Å²) in [6.07, 6.45) is 3.29. The number of carbonyl (C=O) groups excluding carboxylic acids is 10. The van der Waals surface area contributed by atoms with Crippen LogP contribution in [-0.2, 0) is 49.6 Å². The van der Waals surface area contributed by atoms with E-state index in [4.69, 9.17) is 15.2 Å². The number of nitrogens with zero attached hydrogens (tertiary/aromatic N) is 3. The van der Waals surface area contributed by atoms with E-state index in [2.05, 4.69) is 20.7 Å². The number of nitrogens with two attached hydrogens (primary N) is 1. The van der Waals surface area contributed by atoms with Crippen LogP contribution in [0.15, 0.2) is 30.4 Å². The van der Waals surface area contributed by atoms with Crippen molar-refractivity contribution in [1.29, 1.82) is 0 Å². The summed E-state index contributed by atoms with van der Waals surface area (Å²) in [4.78, 5) is 127. The molecule has 0 unspecified atom stereocenters. The summed E-state index contributed by atoms with van der Waals surface area (Å²) in [6.45, 7) is 4.65. The molecule has 20 heteroatoms. The zero-order chi connectivity index (χ0) is 46.4. The Balaban J connectivity index is 2.15. The van der Waals surface area contributed by atoms with Crippen LogP contribution in [0.3, 0.4) is 0 Å². The van der Waals surface area contributed by atoms with Gasteiger partial charge in [-0.3, -0.25) is 38.5 Å². The number of hydrogen-bond acceptors (Lipinski definition) is 13. The molecular formula is C42H61N7O13. The van der Waals surface area contributed by atoms with Gasteiger partial charge in [0.25, 0.3) is 11.8 Å². The second kappa shape index (κ2) is 26.8. The van der Waals surface area contributed by atoms with Gasteiger partial charge in [0.15, 0.2) is 11.6 Å². The van der Waals surface area contributed by atoms with E-state index in [1.807, 2.05) is 0 Å². The minimum Gasteiger partial charge on any atom is -0.485 e. The van der Waals surface area contributed by atoms with Crippen LogP contribution in [0.2, 0.25) is 0 Å². The largest absolute Gasteiger partial charge is 0.485 e. The van der Waals surface area contributed by atoms with E-state index in [-0.39, 0.29) is 106 Å². The molecule has 1 aliphatic rings. The van der Waals surface area contributed by atoms with Crippen molar-refractivity contribution in [2.45, 2.75) is 91.2 Å². The first-order valence-electron chi connectivity index (χ1n) is 20.5. The van der Waals surface area contributed by atoms with Crippen molar-refractivity contribution in [2.75, 3.05) is 59.3 Å². The third kappa shape index (κ3) is 18.9. The molecule has 20 nitrogen and oxygen atoms in total. The van der Waals surface area contributed by atoms with E-state index >= 15 is 0 Å². The van der Waals surface area contributed by atoms with Gasteiger partial charge in [-0.05, 0) is 43.7 Å². The van der Waals surface area contributed by atoms with E-state index in [1.54, 1.807) is 19.9 Å². The molecular weight excluding hydrogens is 810 g/mol. The maximum absolute atomic E-state index is 13.7. The van der Waals surface area contributed by atoms with E-state index in [0.717, 1.165) is 17.1 Å². The second-order valence-electron chi connectivity index (χ2n) is 15.2. The minimum atomic E-state index is -0.876. The lowest BCUT2D eigenvalue weighted by molar-refractivity contribution is -0.137. The SMILES string of the molecule is COC(=O)N(C)CCN(C)C(=O)OCc1ccc(NC(=O)[C@H](CCCNC(N)=O)CC(=O)[C@@H](NC(C)=O)C(C)C)cc1OCC(=O)CCCCCC(=O)CCN1C(=O)C=CC1=O. The molecule has 1 aliphatic heterocycles. The van der Waals surface area contributed by atoms with Gasteiger partial charge < -0.3 is 45.7 Å². The number of imide groups is 1. The average Bonchev–Trinajstić information content (AvgIpc) is 3.55. The van der Waals surface area contributed by atoms with Gasteiger partial charge >= 0.3 is 18.2 Å². The molecule has 1 aromatic carbocycles. The van der Waals surface area contributed by atoms with Crippen LogP contribution in [0.1, 0.15) is 84.1 Å². The fourth-order valence-electron chi connectivity index (χ4n) is 6.18. The summed E-state index contributed by atoms with van der Waals surface area (Å²) >= 11 is 0. The number of Topliss-reactive ketones (excluding diaryl/α,β-unsaturated/α-hetero) is 3. The van der Waals surface area contributed by atoms with Crippen LogP contribution in [-0.4, -0.2) is 134 Å². The quantitative estimate of drug-likeness (QED) is 0.0698. The number of urea groups is 1. The molecule has 0 saturated heterocycles. The summed E-state index contributed by atoms with van der Waals surface area (Å²) in [5, 5.41) is 7.89. The number of rotatable bonds is 28. The summed E-state index contributed by atoms with van der Waals surface area (Å²) in [6, 6.07) is 2.96. The number of carbonyl (C=O) groups is 10. The maximum atomic E-state index is 13.7. The summed E-state index contributed by atoms with van der Waals surface area (Å²) < 4.78 is 16.1. The standard InChI is InChI=1S/C42H61N7O13/c1-27(2)38(45-28(3)50)34(53)23-29(11-10-19-44-40(43)57)39(56)46-31-15-14-30(25-62-42(59)48(5)22-21-47(4)41(58)60-6)35(24-31)61-26-33(52)13-9-7-8-12-32(51)18-20-49-36(54)16-17-37(49)55/h14-17,24,27,29,38H,7-13,18-23,25-26H2,1-6H3,(H,45,50)(H,46,56)(H3,43,44,57)/t29-,38+/m1/s1. The van der Waals surface area contributed by atoms with Gasteiger partial charge in [-0.25, -0.2) is 14.4 Å². The molecule has 5 N–H and O–H groups in total. The third-order valence-electron chi connectivity index (χ3n) is 9.79. The molecule has 0 aromatic heterocycles. The van der Waals surface area contributed by atoms with E-state index in [9.17, 15) is 47.9 Å². The molecule has 0 spiro atoms. The average molecular weight is 872 g/mol. The first-order chi connectivity index (χ1) is 29.3. The zero-order valence-corrected chi connectivity index (χ0v) is 36.5. The third-order valence-corrected chi connectivity index (χ3v) is 9.79. The Morgan fingerprint density at radius 1 is 0.839 bits per heavy atom. The van der Waals surface area contributed by atoms with Crippen LogP contribution in [0.4, 0.5) is 20.1 Å². The van der Waals surface area contributed by atoms with E-state index in [1.165, 1.54) is 50.1 Å². The predicted molar refractivity (Wildman–Crippen MR) is 224 cm³/mol. The lowest BCUT2D eigenvalue weighted by atomic mass is 9.89. The number of nitrogens with one attached hydrogen (secondary N) is 3. The number of ketones is 3. The van der Waals surface area contributed by atoms with Gasteiger partial charge in [0.05, 0.1) is 13.2 Å². The van der Waals surface area contributed by atoms with Crippen molar-refractivity contribution in [3.63, 3.8) is 0 Å². The molecule has 8 amide bonds. The number of unbranched alkanes of at least 4 members (excludes halogenated alkanes) is 2.